The van der Waals surface area contributed by atoms with Gasteiger partial charge in [-0.1, -0.05) is 0 Å². The highest BCUT2D eigenvalue weighted by Gasteiger charge is 2.01. The minimum absolute atomic E-state index is 0.835. The highest BCUT2D eigenvalue weighted by molar-refractivity contribution is 4.66. The van der Waals surface area contributed by atoms with Crippen molar-refractivity contribution >= 4 is 0 Å². The van der Waals surface area contributed by atoms with Gasteiger partial charge in [0.1, 0.15) is 24.8 Å². The third-order valence-corrected chi connectivity index (χ3v) is 3.06. The lowest BCUT2D eigenvalue weighted by Gasteiger charge is -2.02. The summed E-state index contributed by atoms with van der Waals surface area (Å²) in [4.78, 5) is 0. The Kier molecular flexibility index (Phi) is 5.15. The molecule has 0 atom stereocenters. The second-order valence-electron chi connectivity index (χ2n) is 4.95. The molecule has 0 aliphatic rings. The molecule has 0 radical (unpaired) electrons. The minimum atomic E-state index is 0.835. The molecule has 2 aromatic heterocycles. The number of hydrogen-bond acceptors (Lipinski definition) is 1. The third kappa shape index (κ3) is 4.87. The van der Waals surface area contributed by atoms with E-state index in [4.69, 9.17) is 4.74 Å². The highest BCUT2D eigenvalue weighted by atomic mass is 16.5. The van der Waals surface area contributed by atoms with Crippen LogP contribution in [-0.4, -0.2) is 22.3 Å². The summed E-state index contributed by atoms with van der Waals surface area (Å²) in [6.45, 7) is 3.71. The summed E-state index contributed by atoms with van der Waals surface area (Å²) < 4.78 is 14.1. The van der Waals surface area contributed by atoms with E-state index in [1.807, 2.05) is 14.1 Å². The number of imidazole rings is 2. The summed E-state index contributed by atoms with van der Waals surface area (Å²) in [6, 6.07) is 0. The van der Waals surface area contributed by atoms with Crippen LogP contribution < -0.4 is 9.13 Å². The van der Waals surface area contributed by atoms with Gasteiger partial charge in [-0.2, -0.15) is 0 Å². The van der Waals surface area contributed by atoms with E-state index in [0.717, 1.165) is 39.1 Å². The maximum absolute atomic E-state index is 5.65. The van der Waals surface area contributed by atoms with Crippen molar-refractivity contribution in [3.8, 4) is 0 Å². The van der Waals surface area contributed by atoms with Crippen LogP contribution in [0.1, 0.15) is 12.8 Å². The van der Waals surface area contributed by atoms with Crippen molar-refractivity contribution in [3.63, 3.8) is 0 Å². The van der Waals surface area contributed by atoms with E-state index in [0.29, 0.717) is 0 Å². The molecular weight excluding hydrogens is 240 g/mol. The average Bonchev–Trinajstić information content (AvgIpc) is 2.97. The highest BCUT2D eigenvalue weighted by Crippen LogP contribution is 1.94. The van der Waals surface area contributed by atoms with Crippen LogP contribution in [0.15, 0.2) is 37.4 Å². The summed E-state index contributed by atoms with van der Waals surface area (Å²) in [5.41, 5.74) is 0. The Bertz CT molecular complexity index is 445. The molecule has 2 heterocycles. The molecule has 0 aliphatic heterocycles. The smallest absolute Gasteiger partial charge is 0.243 e. The summed E-state index contributed by atoms with van der Waals surface area (Å²) in [5, 5.41) is 0. The summed E-state index contributed by atoms with van der Waals surface area (Å²) in [5.74, 6) is 0. The molecule has 0 amide bonds. The van der Waals surface area contributed by atoms with Gasteiger partial charge in [-0.3, -0.25) is 0 Å². The monoisotopic (exact) mass is 264 g/mol. The first-order chi connectivity index (χ1) is 9.24. The quantitative estimate of drug-likeness (QED) is 0.502. The van der Waals surface area contributed by atoms with Crippen LogP contribution in [-0.2, 0) is 31.9 Å². The predicted molar refractivity (Wildman–Crippen MR) is 71.3 cm³/mol. The molecule has 5 heteroatoms. The molecule has 0 aliphatic carbocycles. The van der Waals surface area contributed by atoms with Gasteiger partial charge in [0.15, 0.2) is 0 Å². The van der Waals surface area contributed by atoms with Crippen LogP contribution in [0.3, 0.4) is 0 Å². The molecule has 0 N–H and O–H groups in total. The Morgan fingerprint density at radius 3 is 1.68 bits per heavy atom. The Labute approximate surface area is 114 Å². The summed E-state index contributed by atoms with van der Waals surface area (Å²) >= 11 is 0. The fourth-order valence-electron chi connectivity index (χ4n) is 2.07. The number of aromatic nitrogens is 4. The van der Waals surface area contributed by atoms with E-state index >= 15 is 0 Å². The van der Waals surface area contributed by atoms with Crippen LogP contribution in [0.5, 0.6) is 0 Å². The predicted octanol–water partition coefficient (Wildman–Crippen LogP) is 0.436. The maximum Gasteiger partial charge on any atom is 0.243 e. The number of ether oxygens (including phenoxy) is 1. The third-order valence-electron chi connectivity index (χ3n) is 3.06. The Morgan fingerprint density at radius 2 is 1.32 bits per heavy atom. The SMILES string of the molecule is C[n+]1ccn(CCCOCCCn2cc[n+](C)c2)c1. The molecule has 5 nitrogen and oxygen atoms in total. The molecule has 0 aromatic carbocycles. The molecule has 2 rings (SSSR count). The summed E-state index contributed by atoms with van der Waals surface area (Å²) in [7, 11) is 4.07. The first-order valence-corrected chi connectivity index (χ1v) is 6.84. The van der Waals surface area contributed by atoms with Crippen molar-refractivity contribution in [2.75, 3.05) is 13.2 Å². The lowest BCUT2D eigenvalue weighted by molar-refractivity contribution is -0.671. The van der Waals surface area contributed by atoms with Crippen LogP contribution >= 0.6 is 0 Å². The van der Waals surface area contributed by atoms with Crippen molar-refractivity contribution in [2.24, 2.45) is 14.1 Å². The van der Waals surface area contributed by atoms with E-state index in [-0.39, 0.29) is 0 Å². The zero-order valence-electron chi connectivity index (χ0n) is 11.9. The fourth-order valence-corrected chi connectivity index (χ4v) is 2.07. The van der Waals surface area contributed by atoms with Crippen molar-refractivity contribution in [2.45, 2.75) is 25.9 Å². The van der Waals surface area contributed by atoms with Gasteiger partial charge in [-0.25, -0.2) is 18.3 Å². The fraction of sp³-hybridized carbons (Fsp3) is 0.571. The Balaban J connectivity index is 1.48. The minimum Gasteiger partial charge on any atom is -0.381 e. The van der Waals surface area contributed by atoms with Crippen molar-refractivity contribution in [3.05, 3.63) is 37.4 Å². The Hall–Kier alpha value is -1.62. The van der Waals surface area contributed by atoms with Gasteiger partial charge in [-0.15, -0.1) is 0 Å². The van der Waals surface area contributed by atoms with Gasteiger partial charge in [0.05, 0.1) is 40.4 Å². The molecule has 0 saturated heterocycles. The zero-order chi connectivity index (χ0) is 13.5. The standard InChI is InChI=1S/C14H24N4O/c1-15-7-9-17(13-15)5-3-11-19-12-4-6-18-10-8-16(2)14-18/h7-10,13-14H,3-6,11-12H2,1-2H3/q+2. The first kappa shape index (κ1) is 13.8. The molecular formula is C14H24N4O+2. The van der Waals surface area contributed by atoms with Gasteiger partial charge in [-0.05, 0) is 0 Å². The molecule has 104 valence electrons. The first-order valence-electron chi connectivity index (χ1n) is 6.84. The van der Waals surface area contributed by atoms with Gasteiger partial charge in [0.25, 0.3) is 0 Å². The van der Waals surface area contributed by atoms with Gasteiger partial charge in [0.2, 0.25) is 12.7 Å². The number of nitrogens with zero attached hydrogens (tertiary/aromatic N) is 4. The van der Waals surface area contributed by atoms with E-state index in [1.165, 1.54) is 0 Å². The van der Waals surface area contributed by atoms with Crippen LogP contribution in [0.25, 0.3) is 0 Å². The lowest BCUT2D eigenvalue weighted by Crippen LogP contribution is -2.23. The van der Waals surface area contributed by atoms with Crippen LogP contribution in [0, 0.1) is 0 Å². The molecule has 0 fully saturated rings. The lowest BCUT2D eigenvalue weighted by atomic mass is 10.4. The molecule has 0 bridgehead atoms. The summed E-state index contributed by atoms with van der Waals surface area (Å²) in [6.07, 6.45) is 14.6. The second-order valence-corrected chi connectivity index (χ2v) is 4.95. The average molecular weight is 264 g/mol. The largest absolute Gasteiger partial charge is 0.381 e. The van der Waals surface area contributed by atoms with Gasteiger partial charge >= 0.3 is 0 Å². The number of aryl methyl sites for hydroxylation is 4. The normalized spacial score (nSPS) is 11.1. The van der Waals surface area contributed by atoms with Crippen LogP contribution in [0.2, 0.25) is 0 Å². The molecule has 0 spiro atoms. The van der Waals surface area contributed by atoms with E-state index in [2.05, 4.69) is 55.7 Å². The van der Waals surface area contributed by atoms with E-state index < -0.39 is 0 Å². The second kappa shape index (κ2) is 7.09. The van der Waals surface area contributed by atoms with Gasteiger partial charge in [0, 0.05) is 12.8 Å². The van der Waals surface area contributed by atoms with Crippen molar-refractivity contribution in [1.29, 1.82) is 0 Å². The number of hydrogen-bond donors (Lipinski definition) is 0. The van der Waals surface area contributed by atoms with E-state index in [9.17, 15) is 0 Å². The van der Waals surface area contributed by atoms with Crippen molar-refractivity contribution in [1.82, 2.24) is 9.13 Å². The molecule has 0 saturated carbocycles. The van der Waals surface area contributed by atoms with Crippen LogP contribution in [0.4, 0.5) is 0 Å². The maximum atomic E-state index is 5.65. The molecule has 2 aromatic rings. The Morgan fingerprint density at radius 1 is 0.842 bits per heavy atom. The zero-order valence-corrected chi connectivity index (χ0v) is 11.9. The molecule has 19 heavy (non-hydrogen) atoms. The number of rotatable bonds is 8. The van der Waals surface area contributed by atoms with E-state index in [1.54, 1.807) is 0 Å². The van der Waals surface area contributed by atoms with Crippen molar-refractivity contribution < 1.29 is 13.9 Å². The topological polar surface area (TPSA) is 26.8 Å². The molecule has 0 unspecified atom stereocenters. The van der Waals surface area contributed by atoms with Gasteiger partial charge < -0.3 is 4.74 Å².